The molecule has 0 radical (unpaired) electrons. The largest absolute Gasteiger partial charge is 0.496 e. The monoisotopic (exact) mass is 312 g/mol. The standard InChI is InChI=1S/C15H15ClF2N2O/c1-21-14-8-10(16)5-6-11(14)13(20-19)7-9-3-2-4-12(17)15(9)18/h2-6,8,13,20H,7,19H2,1H3. The highest BCUT2D eigenvalue weighted by Gasteiger charge is 2.18. The van der Waals surface area contributed by atoms with Crippen LogP contribution < -0.4 is 16.0 Å². The molecule has 21 heavy (non-hydrogen) atoms. The summed E-state index contributed by atoms with van der Waals surface area (Å²) in [5.74, 6) is 4.32. The summed E-state index contributed by atoms with van der Waals surface area (Å²) in [7, 11) is 1.51. The number of rotatable bonds is 5. The second kappa shape index (κ2) is 6.85. The SMILES string of the molecule is COc1cc(Cl)ccc1C(Cc1cccc(F)c1F)NN. The van der Waals surface area contributed by atoms with Gasteiger partial charge in [-0.1, -0.05) is 29.8 Å². The van der Waals surface area contributed by atoms with Crippen molar-refractivity contribution < 1.29 is 13.5 Å². The lowest BCUT2D eigenvalue weighted by Gasteiger charge is -2.19. The van der Waals surface area contributed by atoms with E-state index in [9.17, 15) is 8.78 Å². The Bertz CT molecular complexity index is 637. The Balaban J connectivity index is 2.34. The number of methoxy groups -OCH3 is 1. The first-order valence-electron chi connectivity index (χ1n) is 6.29. The molecule has 0 spiro atoms. The summed E-state index contributed by atoms with van der Waals surface area (Å²) in [5, 5.41) is 0.517. The fourth-order valence-electron chi connectivity index (χ4n) is 2.16. The molecular formula is C15H15ClF2N2O. The molecular weight excluding hydrogens is 298 g/mol. The first-order chi connectivity index (χ1) is 10.1. The summed E-state index contributed by atoms with van der Waals surface area (Å²) in [4.78, 5) is 0. The van der Waals surface area contributed by atoms with Crippen molar-refractivity contribution in [2.24, 2.45) is 5.84 Å². The fourth-order valence-corrected chi connectivity index (χ4v) is 2.32. The number of benzene rings is 2. The normalized spacial score (nSPS) is 12.2. The number of hydrazine groups is 1. The maximum atomic E-state index is 13.8. The third-order valence-electron chi connectivity index (χ3n) is 3.23. The summed E-state index contributed by atoms with van der Waals surface area (Å²) in [6.45, 7) is 0. The Morgan fingerprint density at radius 3 is 2.71 bits per heavy atom. The predicted octanol–water partition coefficient (Wildman–Crippen LogP) is 3.37. The van der Waals surface area contributed by atoms with Gasteiger partial charge >= 0.3 is 0 Å². The van der Waals surface area contributed by atoms with E-state index in [2.05, 4.69) is 5.43 Å². The lowest BCUT2D eigenvalue weighted by atomic mass is 9.98. The Morgan fingerprint density at radius 2 is 2.05 bits per heavy atom. The molecule has 6 heteroatoms. The second-order valence-electron chi connectivity index (χ2n) is 4.52. The summed E-state index contributed by atoms with van der Waals surface area (Å²) < 4.78 is 32.3. The van der Waals surface area contributed by atoms with Crippen LogP contribution in [-0.2, 0) is 6.42 Å². The number of ether oxygens (including phenoxy) is 1. The van der Waals surface area contributed by atoms with Gasteiger partial charge in [0.25, 0.3) is 0 Å². The number of nitrogens with two attached hydrogens (primary N) is 1. The number of hydrogen-bond acceptors (Lipinski definition) is 3. The molecule has 3 nitrogen and oxygen atoms in total. The van der Waals surface area contributed by atoms with Crippen LogP contribution in [-0.4, -0.2) is 7.11 Å². The van der Waals surface area contributed by atoms with E-state index in [0.717, 1.165) is 6.07 Å². The number of nitrogens with one attached hydrogen (secondary N) is 1. The molecule has 112 valence electrons. The van der Waals surface area contributed by atoms with Crippen LogP contribution in [0, 0.1) is 11.6 Å². The molecule has 0 bridgehead atoms. The number of halogens is 3. The molecule has 1 unspecified atom stereocenters. The van der Waals surface area contributed by atoms with E-state index >= 15 is 0 Å². The van der Waals surface area contributed by atoms with Crippen LogP contribution in [0.2, 0.25) is 5.02 Å². The van der Waals surface area contributed by atoms with E-state index in [1.807, 2.05) is 0 Å². The maximum absolute atomic E-state index is 13.8. The van der Waals surface area contributed by atoms with Gasteiger partial charge in [-0.15, -0.1) is 0 Å². The van der Waals surface area contributed by atoms with Crippen molar-refractivity contribution in [1.82, 2.24) is 5.43 Å². The third kappa shape index (κ3) is 3.50. The van der Waals surface area contributed by atoms with Crippen molar-refractivity contribution >= 4 is 11.6 Å². The smallest absolute Gasteiger partial charge is 0.162 e. The Labute approximate surface area is 126 Å². The zero-order chi connectivity index (χ0) is 15.4. The van der Waals surface area contributed by atoms with Gasteiger partial charge in [0.2, 0.25) is 0 Å². The van der Waals surface area contributed by atoms with Crippen molar-refractivity contribution in [1.29, 1.82) is 0 Å². The highest BCUT2D eigenvalue weighted by molar-refractivity contribution is 6.30. The van der Waals surface area contributed by atoms with E-state index in [0.29, 0.717) is 16.3 Å². The van der Waals surface area contributed by atoms with Crippen molar-refractivity contribution in [3.8, 4) is 5.75 Å². The first kappa shape index (κ1) is 15.7. The minimum atomic E-state index is -0.883. The van der Waals surface area contributed by atoms with Gasteiger partial charge in [-0.2, -0.15) is 0 Å². The van der Waals surface area contributed by atoms with Gasteiger partial charge in [-0.05, 0) is 30.2 Å². The summed E-state index contributed by atoms with van der Waals surface area (Å²) >= 11 is 5.91. The van der Waals surface area contributed by atoms with Crippen LogP contribution in [0.5, 0.6) is 5.75 Å². The molecule has 1 atom stereocenters. The maximum Gasteiger partial charge on any atom is 0.162 e. The second-order valence-corrected chi connectivity index (χ2v) is 4.96. The summed E-state index contributed by atoms with van der Waals surface area (Å²) in [6.07, 6.45) is 0.179. The topological polar surface area (TPSA) is 47.3 Å². The van der Waals surface area contributed by atoms with Gasteiger partial charge in [0.15, 0.2) is 11.6 Å². The molecule has 3 N–H and O–H groups in total. The molecule has 0 fully saturated rings. The van der Waals surface area contributed by atoms with E-state index < -0.39 is 17.7 Å². The van der Waals surface area contributed by atoms with Crippen LogP contribution in [0.25, 0.3) is 0 Å². The molecule has 0 saturated carbocycles. The van der Waals surface area contributed by atoms with Crippen molar-refractivity contribution in [2.75, 3.05) is 7.11 Å². The quantitative estimate of drug-likeness (QED) is 0.657. The molecule has 0 aliphatic rings. The van der Waals surface area contributed by atoms with Crippen LogP contribution in [0.1, 0.15) is 17.2 Å². The molecule has 0 aromatic heterocycles. The van der Waals surface area contributed by atoms with Crippen molar-refractivity contribution in [3.63, 3.8) is 0 Å². The summed E-state index contributed by atoms with van der Waals surface area (Å²) in [6, 6.07) is 8.68. The lowest BCUT2D eigenvalue weighted by molar-refractivity contribution is 0.398. The average Bonchev–Trinajstić information content (AvgIpc) is 2.49. The van der Waals surface area contributed by atoms with E-state index in [4.69, 9.17) is 22.2 Å². The molecule has 0 aliphatic carbocycles. The van der Waals surface area contributed by atoms with E-state index in [1.54, 1.807) is 18.2 Å². The first-order valence-corrected chi connectivity index (χ1v) is 6.67. The molecule has 0 aliphatic heterocycles. The highest BCUT2D eigenvalue weighted by Crippen LogP contribution is 2.30. The molecule has 0 amide bonds. The van der Waals surface area contributed by atoms with E-state index in [1.165, 1.54) is 19.2 Å². The van der Waals surface area contributed by atoms with Crippen LogP contribution in [0.4, 0.5) is 8.78 Å². The Hall–Kier alpha value is -1.69. The molecule has 0 saturated heterocycles. The minimum absolute atomic E-state index is 0.179. The van der Waals surface area contributed by atoms with Gasteiger partial charge in [0.1, 0.15) is 5.75 Å². The van der Waals surface area contributed by atoms with Crippen LogP contribution in [0.3, 0.4) is 0 Å². The molecule has 0 heterocycles. The van der Waals surface area contributed by atoms with Gasteiger partial charge in [-0.3, -0.25) is 11.3 Å². The van der Waals surface area contributed by atoms with Gasteiger partial charge in [0, 0.05) is 10.6 Å². The zero-order valence-corrected chi connectivity index (χ0v) is 12.1. The highest BCUT2D eigenvalue weighted by atomic mass is 35.5. The van der Waals surface area contributed by atoms with Gasteiger partial charge < -0.3 is 4.74 Å². The predicted molar refractivity (Wildman–Crippen MR) is 78.1 cm³/mol. The Kier molecular flexibility index (Phi) is 5.12. The van der Waals surface area contributed by atoms with Crippen LogP contribution in [0.15, 0.2) is 36.4 Å². The van der Waals surface area contributed by atoms with Gasteiger partial charge in [-0.25, -0.2) is 8.78 Å². The Morgan fingerprint density at radius 1 is 1.29 bits per heavy atom. The van der Waals surface area contributed by atoms with Crippen LogP contribution >= 0.6 is 11.6 Å². The third-order valence-corrected chi connectivity index (χ3v) is 3.46. The van der Waals surface area contributed by atoms with Crippen molar-refractivity contribution in [3.05, 3.63) is 64.2 Å². The zero-order valence-electron chi connectivity index (χ0n) is 11.4. The van der Waals surface area contributed by atoms with Gasteiger partial charge in [0.05, 0.1) is 13.2 Å². The molecule has 2 rings (SSSR count). The fraction of sp³-hybridized carbons (Fsp3) is 0.200. The average molecular weight is 313 g/mol. The number of hydrogen-bond donors (Lipinski definition) is 2. The lowest BCUT2D eigenvalue weighted by Crippen LogP contribution is -2.30. The summed E-state index contributed by atoms with van der Waals surface area (Å²) in [5.41, 5.74) is 3.54. The molecule has 2 aromatic rings. The molecule has 2 aromatic carbocycles. The van der Waals surface area contributed by atoms with E-state index in [-0.39, 0.29) is 12.0 Å². The van der Waals surface area contributed by atoms with Crippen molar-refractivity contribution in [2.45, 2.75) is 12.5 Å². The minimum Gasteiger partial charge on any atom is -0.496 e.